The highest BCUT2D eigenvalue weighted by Gasteiger charge is 2.38. The Kier molecular flexibility index (Phi) is 4.96. The molecule has 20 heavy (non-hydrogen) atoms. The van der Waals surface area contributed by atoms with Crippen LogP contribution in [0.5, 0.6) is 0 Å². The number of anilines is 1. The van der Waals surface area contributed by atoms with E-state index in [-0.39, 0.29) is 6.54 Å². The minimum absolute atomic E-state index is 0.0190. The lowest BCUT2D eigenvalue weighted by molar-refractivity contribution is -0.130. The summed E-state index contributed by atoms with van der Waals surface area (Å²) in [6.07, 6.45) is -4.17. The third-order valence-electron chi connectivity index (χ3n) is 3.51. The topological polar surface area (TPSA) is 6.48 Å². The molecule has 0 aromatic heterocycles. The van der Waals surface area contributed by atoms with Gasteiger partial charge in [0.05, 0.1) is 0 Å². The zero-order valence-corrected chi connectivity index (χ0v) is 12.9. The molecule has 0 saturated carbocycles. The first-order valence-electron chi connectivity index (χ1n) is 6.61. The number of alkyl halides is 4. The summed E-state index contributed by atoms with van der Waals surface area (Å²) < 4.78 is 37.5. The number of halogens is 4. The Labute approximate surface area is 125 Å². The number of piperazine rings is 1. The van der Waals surface area contributed by atoms with E-state index in [1.165, 1.54) is 5.56 Å². The van der Waals surface area contributed by atoms with Gasteiger partial charge >= 0.3 is 6.18 Å². The predicted molar refractivity (Wildman–Crippen MR) is 78.6 cm³/mol. The first-order valence-corrected chi connectivity index (χ1v) is 7.52. The molecule has 6 heteroatoms. The first kappa shape index (κ1) is 15.6. The Morgan fingerprint density at radius 3 is 2.40 bits per heavy atom. The zero-order chi connectivity index (χ0) is 14.8. The molecule has 0 radical (unpaired) electrons. The Bertz CT molecular complexity index is 442. The summed E-state index contributed by atoms with van der Waals surface area (Å²) in [5, 5.41) is 0. The van der Waals surface area contributed by atoms with Crippen LogP contribution in [0.15, 0.2) is 24.3 Å². The second-order valence-corrected chi connectivity index (χ2v) is 6.24. The summed E-state index contributed by atoms with van der Waals surface area (Å²) in [6.45, 7) is 4.91. The second kappa shape index (κ2) is 6.35. The third-order valence-corrected chi connectivity index (χ3v) is 4.32. The average molecular weight is 351 g/mol. The maximum atomic E-state index is 12.5. The lowest BCUT2D eigenvalue weighted by Gasteiger charge is -2.37. The number of aryl methyl sites for hydroxylation is 1. The van der Waals surface area contributed by atoms with Gasteiger partial charge in [-0.2, -0.15) is 13.2 Å². The number of benzene rings is 1. The highest BCUT2D eigenvalue weighted by Crippen LogP contribution is 2.27. The van der Waals surface area contributed by atoms with Crippen LogP contribution in [-0.2, 0) is 0 Å². The Hall–Kier alpha value is -0.750. The molecule has 0 bridgehead atoms. The average Bonchev–Trinajstić information content (AvgIpc) is 2.38. The van der Waals surface area contributed by atoms with E-state index in [0.29, 0.717) is 13.1 Å². The van der Waals surface area contributed by atoms with Crippen molar-refractivity contribution in [3.05, 3.63) is 29.8 Å². The maximum Gasteiger partial charge on any atom is 0.402 e. The maximum absolute atomic E-state index is 12.5. The van der Waals surface area contributed by atoms with Crippen molar-refractivity contribution in [1.82, 2.24) is 4.90 Å². The number of hydrogen-bond acceptors (Lipinski definition) is 2. The first-order chi connectivity index (χ1) is 9.36. The van der Waals surface area contributed by atoms with Gasteiger partial charge in [0.25, 0.3) is 0 Å². The van der Waals surface area contributed by atoms with Crippen molar-refractivity contribution in [2.75, 3.05) is 37.6 Å². The fraction of sp³-hybridized carbons (Fsp3) is 0.571. The van der Waals surface area contributed by atoms with E-state index in [0.717, 1.165) is 18.8 Å². The van der Waals surface area contributed by atoms with E-state index in [2.05, 4.69) is 26.9 Å². The quantitative estimate of drug-likeness (QED) is 0.770. The van der Waals surface area contributed by atoms with Crippen molar-refractivity contribution in [3.8, 4) is 0 Å². The molecule has 0 spiro atoms. The second-order valence-electron chi connectivity index (χ2n) is 5.14. The summed E-state index contributed by atoms with van der Waals surface area (Å²) in [5.74, 6) is 0. The monoisotopic (exact) mass is 350 g/mol. The van der Waals surface area contributed by atoms with Crippen molar-refractivity contribution in [1.29, 1.82) is 0 Å². The molecule has 1 aliphatic heterocycles. The molecule has 1 unspecified atom stereocenters. The number of nitrogens with zero attached hydrogens (tertiary/aromatic N) is 2. The Morgan fingerprint density at radius 1 is 1.20 bits per heavy atom. The largest absolute Gasteiger partial charge is 0.402 e. The van der Waals surface area contributed by atoms with E-state index in [9.17, 15) is 13.2 Å². The van der Waals surface area contributed by atoms with E-state index >= 15 is 0 Å². The predicted octanol–water partition coefficient (Wildman–Crippen LogP) is 3.44. The smallest absolute Gasteiger partial charge is 0.369 e. The van der Waals surface area contributed by atoms with Crippen molar-refractivity contribution in [2.45, 2.75) is 17.9 Å². The Balaban J connectivity index is 1.87. The van der Waals surface area contributed by atoms with Crippen molar-refractivity contribution >= 4 is 21.6 Å². The lowest BCUT2D eigenvalue weighted by Crippen LogP contribution is -2.49. The summed E-state index contributed by atoms with van der Waals surface area (Å²) in [4.78, 5) is 2.64. The van der Waals surface area contributed by atoms with Gasteiger partial charge in [-0.15, -0.1) is 0 Å². The number of rotatable bonds is 3. The van der Waals surface area contributed by atoms with Gasteiger partial charge in [-0.1, -0.05) is 28.1 Å². The van der Waals surface area contributed by atoms with Crippen LogP contribution < -0.4 is 4.90 Å². The van der Waals surface area contributed by atoms with Crippen LogP contribution in [0.2, 0.25) is 0 Å². The minimum atomic E-state index is -4.17. The summed E-state index contributed by atoms with van der Waals surface area (Å²) in [7, 11) is 0. The Morgan fingerprint density at radius 2 is 1.85 bits per heavy atom. The molecule has 1 aromatic carbocycles. The van der Waals surface area contributed by atoms with Crippen LogP contribution in [-0.4, -0.2) is 48.6 Å². The third kappa shape index (κ3) is 4.12. The van der Waals surface area contributed by atoms with Gasteiger partial charge in [0, 0.05) is 38.4 Å². The van der Waals surface area contributed by atoms with Crippen molar-refractivity contribution < 1.29 is 13.2 Å². The fourth-order valence-corrected chi connectivity index (χ4v) is 2.75. The molecule has 0 aliphatic carbocycles. The van der Waals surface area contributed by atoms with Gasteiger partial charge in [0.2, 0.25) is 0 Å². The molecule has 0 amide bonds. The van der Waals surface area contributed by atoms with E-state index < -0.39 is 11.0 Å². The van der Waals surface area contributed by atoms with Crippen molar-refractivity contribution in [3.63, 3.8) is 0 Å². The lowest BCUT2D eigenvalue weighted by atomic mass is 10.2. The normalized spacial score (nSPS) is 19.1. The minimum Gasteiger partial charge on any atom is -0.369 e. The molecular weight excluding hydrogens is 333 g/mol. The fourth-order valence-electron chi connectivity index (χ4n) is 2.34. The van der Waals surface area contributed by atoms with Gasteiger partial charge < -0.3 is 4.90 Å². The molecule has 1 heterocycles. The molecule has 1 atom stereocenters. The van der Waals surface area contributed by atoms with Gasteiger partial charge in [0.15, 0.2) is 0 Å². The summed E-state index contributed by atoms with van der Waals surface area (Å²) in [6, 6.07) is 8.21. The van der Waals surface area contributed by atoms with Gasteiger partial charge in [-0.3, -0.25) is 4.90 Å². The zero-order valence-electron chi connectivity index (χ0n) is 11.3. The molecule has 1 fully saturated rings. The van der Waals surface area contributed by atoms with E-state index in [1.807, 2.05) is 30.0 Å². The molecule has 1 aliphatic rings. The molecule has 112 valence electrons. The van der Waals surface area contributed by atoms with Gasteiger partial charge in [0.1, 0.15) is 4.83 Å². The molecule has 1 aromatic rings. The van der Waals surface area contributed by atoms with Crippen LogP contribution in [0.25, 0.3) is 0 Å². The van der Waals surface area contributed by atoms with Crippen LogP contribution in [0.1, 0.15) is 5.56 Å². The molecular formula is C14H18BrF3N2. The molecule has 1 saturated heterocycles. The van der Waals surface area contributed by atoms with Crippen LogP contribution in [0.3, 0.4) is 0 Å². The van der Waals surface area contributed by atoms with Crippen LogP contribution >= 0.6 is 15.9 Å². The SMILES string of the molecule is Cc1cccc(N2CCN(CC(Br)C(F)(F)F)CC2)c1. The highest BCUT2D eigenvalue weighted by atomic mass is 79.9. The van der Waals surface area contributed by atoms with Crippen LogP contribution in [0.4, 0.5) is 18.9 Å². The van der Waals surface area contributed by atoms with Gasteiger partial charge in [-0.05, 0) is 24.6 Å². The summed E-state index contributed by atoms with van der Waals surface area (Å²) in [5.41, 5.74) is 2.35. The molecule has 2 nitrogen and oxygen atoms in total. The van der Waals surface area contributed by atoms with Crippen LogP contribution in [0, 0.1) is 6.92 Å². The molecule has 2 rings (SSSR count). The van der Waals surface area contributed by atoms with E-state index in [4.69, 9.17) is 0 Å². The highest BCUT2D eigenvalue weighted by molar-refractivity contribution is 9.09. The standard InChI is InChI=1S/C14H18BrF3N2/c1-11-3-2-4-12(9-11)20-7-5-19(6-8-20)10-13(15)14(16,17)18/h2-4,9,13H,5-8,10H2,1H3. The molecule has 0 N–H and O–H groups in total. The van der Waals surface area contributed by atoms with E-state index in [1.54, 1.807) is 0 Å². The number of hydrogen-bond donors (Lipinski definition) is 0. The summed E-state index contributed by atoms with van der Waals surface area (Å²) >= 11 is 2.72. The van der Waals surface area contributed by atoms with Crippen molar-refractivity contribution in [2.24, 2.45) is 0 Å². The van der Waals surface area contributed by atoms with Gasteiger partial charge in [-0.25, -0.2) is 0 Å².